The van der Waals surface area contributed by atoms with Crippen LogP contribution in [0.2, 0.25) is 0 Å². The van der Waals surface area contributed by atoms with Crippen LogP contribution in [-0.4, -0.2) is 36.1 Å². The van der Waals surface area contributed by atoms with E-state index < -0.39 is 0 Å². The summed E-state index contributed by atoms with van der Waals surface area (Å²) in [6.45, 7) is 5.57. The zero-order valence-corrected chi connectivity index (χ0v) is 21.4. The fourth-order valence-corrected chi connectivity index (χ4v) is 5.63. The van der Waals surface area contributed by atoms with Gasteiger partial charge in [0.15, 0.2) is 5.82 Å². The molecule has 2 aromatic heterocycles. The van der Waals surface area contributed by atoms with Gasteiger partial charge >= 0.3 is 0 Å². The first kappa shape index (κ1) is 24.4. The Hall–Kier alpha value is -3.32. The van der Waals surface area contributed by atoms with Crippen molar-refractivity contribution in [1.82, 2.24) is 30.1 Å². The van der Waals surface area contributed by atoms with Crippen molar-refractivity contribution in [3.63, 3.8) is 0 Å². The summed E-state index contributed by atoms with van der Waals surface area (Å²) in [4.78, 5) is 18.8. The number of nitrogens with one attached hydrogen (secondary N) is 1. The largest absolute Gasteiger partial charge is 0.322 e. The summed E-state index contributed by atoms with van der Waals surface area (Å²) in [5.74, 6) is 0.873. The van der Waals surface area contributed by atoms with Crippen molar-refractivity contribution in [3.05, 3.63) is 87.5 Å². The Labute approximate surface area is 212 Å². The average Bonchev–Trinajstić information content (AvgIpc) is 3.37. The normalized spacial score (nSPS) is 15.5. The van der Waals surface area contributed by atoms with Gasteiger partial charge in [-0.25, -0.2) is 4.68 Å². The lowest BCUT2D eigenvalue weighted by Crippen LogP contribution is -2.41. The molecule has 36 heavy (non-hydrogen) atoms. The molecule has 4 aromatic rings. The smallest absolute Gasteiger partial charge is 0.252 e. The van der Waals surface area contributed by atoms with E-state index in [9.17, 15) is 4.79 Å². The molecule has 1 fully saturated rings. The summed E-state index contributed by atoms with van der Waals surface area (Å²) < 4.78 is 1.93. The van der Waals surface area contributed by atoms with Crippen LogP contribution in [0.1, 0.15) is 80.9 Å². The second-order valence-corrected chi connectivity index (χ2v) is 9.97. The Morgan fingerprint density at radius 1 is 1.03 bits per heavy atom. The molecule has 0 amide bonds. The van der Waals surface area contributed by atoms with Gasteiger partial charge in [-0.2, -0.15) is 0 Å². The lowest BCUT2D eigenvalue weighted by molar-refractivity contribution is 0.0844. The summed E-state index contributed by atoms with van der Waals surface area (Å²) in [5.41, 5.74) is 4.14. The van der Waals surface area contributed by atoms with Crippen molar-refractivity contribution in [2.45, 2.75) is 84.0 Å². The van der Waals surface area contributed by atoms with E-state index in [4.69, 9.17) is 0 Å². The van der Waals surface area contributed by atoms with Crippen LogP contribution in [0, 0.1) is 0 Å². The number of tetrazole rings is 1. The van der Waals surface area contributed by atoms with Gasteiger partial charge in [0, 0.05) is 23.7 Å². The maximum atomic E-state index is 13.2. The first-order valence-electron chi connectivity index (χ1n) is 13.4. The van der Waals surface area contributed by atoms with E-state index in [1.165, 1.54) is 30.4 Å². The molecule has 0 radical (unpaired) electrons. The molecule has 1 aliphatic rings. The minimum Gasteiger partial charge on any atom is -0.322 e. The van der Waals surface area contributed by atoms with Crippen molar-refractivity contribution < 1.29 is 0 Å². The Bertz CT molecular complexity index is 1340. The molecular formula is C29H36N6O. The van der Waals surface area contributed by atoms with Crippen molar-refractivity contribution in [1.29, 1.82) is 0 Å². The predicted molar refractivity (Wildman–Crippen MR) is 143 cm³/mol. The highest BCUT2D eigenvalue weighted by Crippen LogP contribution is 2.33. The van der Waals surface area contributed by atoms with Crippen molar-refractivity contribution in [3.8, 4) is 0 Å². The summed E-state index contributed by atoms with van der Waals surface area (Å²) in [6, 6.07) is 19.1. The first-order chi connectivity index (χ1) is 17.7. The number of nitrogens with zero attached hydrogens (tertiary/aromatic N) is 5. The van der Waals surface area contributed by atoms with E-state index in [1.54, 1.807) is 0 Å². The molecule has 1 aliphatic carbocycles. The number of aromatic nitrogens is 5. The molecule has 0 aliphatic heterocycles. The van der Waals surface area contributed by atoms with Gasteiger partial charge in [-0.1, -0.05) is 69.5 Å². The highest BCUT2D eigenvalue weighted by atomic mass is 16.1. The monoisotopic (exact) mass is 484 g/mol. The zero-order chi connectivity index (χ0) is 24.9. The molecule has 1 saturated carbocycles. The standard InChI is InChI=1S/C29H36N6O/c1-3-21-15-16-26-23(17-21)18-24(29(36)30-26)20-34(25-13-9-6-10-14-25)27(4-2)28-31-32-33-35(28)19-22-11-7-5-8-12-22/h5,7-8,11-12,15-18,25,27H,3-4,6,9-10,13-14,19-20H2,1-2H3,(H,30,36)/t27-/m1/s1. The van der Waals surface area contributed by atoms with Gasteiger partial charge in [0.2, 0.25) is 0 Å². The molecule has 1 atom stereocenters. The van der Waals surface area contributed by atoms with Crippen LogP contribution >= 0.6 is 0 Å². The molecule has 188 valence electrons. The number of aromatic amines is 1. The molecule has 2 aromatic carbocycles. The first-order valence-corrected chi connectivity index (χ1v) is 13.4. The Morgan fingerprint density at radius 2 is 1.83 bits per heavy atom. The lowest BCUT2D eigenvalue weighted by atomic mass is 9.92. The van der Waals surface area contributed by atoms with E-state index >= 15 is 0 Å². The molecule has 0 saturated heterocycles. The van der Waals surface area contributed by atoms with Gasteiger partial charge in [0.05, 0.1) is 12.6 Å². The molecular weight excluding hydrogens is 448 g/mol. The lowest BCUT2D eigenvalue weighted by Gasteiger charge is -2.39. The van der Waals surface area contributed by atoms with Gasteiger partial charge in [-0.15, -0.1) is 5.10 Å². The Morgan fingerprint density at radius 3 is 2.58 bits per heavy atom. The minimum atomic E-state index is -0.00807. The van der Waals surface area contributed by atoms with Gasteiger partial charge in [-0.3, -0.25) is 9.69 Å². The summed E-state index contributed by atoms with van der Waals surface area (Å²) in [6.07, 6.45) is 7.85. The highest BCUT2D eigenvalue weighted by Gasteiger charge is 2.32. The Balaban J connectivity index is 1.51. The number of aryl methyl sites for hydroxylation is 1. The van der Waals surface area contributed by atoms with E-state index in [-0.39, 0.29) is 11.6 Å². The second kappa shape index (κ2) is 11.2. The second-order valence-electron chi connectivity index (χ2n) is 9.97. The number of hydrogen-bond donors (Lipinski definition) is 1. The van der Waals surface area contributed by atoms with Gasteiger partial charge in [0.25, 0.3) is 5.56 Å². The molecule has 0 bridgehead atoms. The molecule has 2 heterocycles. The average molecular weight is 485 g/mol. The predicted octanol–water partition coefficient (Wildman–Crippen LogP) is 5.41. The van der Waals surface area contributed by atoms with Gasteiger partial charge in [-0.05, 0) is 70.8 Å². The Kier molecular flexibility index (Phi) is 7.56. The number of H-pyrrole nitrogens is 1. The third kappa shape index (κ3) is 5.26. The summed E-state index contributed by atoms with van der Waals surface area (Å²) in [7, 11) is 0. The molecule has 7 heteroatoms. The number of benzene rings is 2. The maximum Gasteiger partial charge on any atom is 0.252 e. The number of hydrogen-bond acceptors (Lipinski definition) is 5. The minimum absolute atomic E-state index is 0.00807. The molecule has 1 N–H and O–H groups in total. The highest BCUT2D eigenvalue weighted by molar-refractivity contribution is 5.79. The fraction of sp³-hybridized carbons (Fsp3) is 0.448. The van der Waals surface area contributed by atoms with Crippen LogP contribution in [0.25, 0.3) is 10.9 Å². The van der Waals surface area contributed by atoms with Crippen LogP contribution in [0.5, 0.6) is 0 Å². The van der Waals surface area contributed by atoms with E-state index in [2.05, 4.69) is 69.6 Å². The van der Waals surface area contributed by atoms with E-state index in [0.29, 0.717) is 19.1 Å². The van der Waals surface area contributed by atoms with Crippen LogP contribution in [0.4, 0.5) is 0 Å². The third-order valence-corrected chi connectivity index (χ3v) is 7.61. The molecule has 7 nitrogen and oxygen atoms in total. The quantitative estimate of drug-likeness (QED) is 0.344. The number of rotatable bonds is 9. The summed E-state index contributed by atoms with van der Waals surface area (Å²) >= 11 is 0. The van der Waals surface area contributed by atoms with Gasteiger partial charge < -0.3 is 4.98 Å². The SMILES string of the molecule is CCc1ccc2[nH]c(=O)c(CN(C3CCCCC3)[C@H](CC)c3nnnn3Cc3ccccc3)cc2c1. The number of fused-ring (bicyclic) bond motifs is 1. The van der Waals surface area contributed by atoms with Crippen molar-refractivity contribution in [2.75, 3.05) is 0 Å². The maximum absolute atomic E-state index is 13.2. The fourth-order valence-electron chi connectivity index (χ4n) is 5.63. The van der Waals surface area contributed by atoms with E-state index in [0.717, 1.165) is 48.0 Å². The van der Waals surface area contributed by atoms with Crippen LogP contribution in [-0.2, 0) is 19.5 Å². The van der Waals surface area contributed by atoms with Crippen molar-refractivity contribution >= 4 is 10.9 Å². The zero-order valence-electron chi connectivity index (χ0n) is 21.4. The van der Waals surface area contributed by atoms with Crippen LogP contribution < -0.4 is 5.56 Å². The molecule has 0 unspecified atom stereocenters. The molecule has 5 rings (SSSR count). The van der Waals surface area contributed by atoms with Crippen LogP contribution in [0.15, 0.2) is 59.4 Å². The van der Waals surface area contributed by atoms with Crippen LogP contribution in [0.3, 0.4) is 0 Å². The van der Waals surface area contributed by atoms with Gasteiger partial charge in [0.1, 0.15) is 0 Å². The summed E-state index contributed by atoms with van der Waals surface area (Å²) in [5, 5.41) is 14.0. The molecule has 0 spiro atoms. The van der Waals surface area contributed by atoms with E-state index in [1.807, 2.05) is 28.9 Å². The topological polar surface area (TPSA) is 79.7 Å². The number of pyridine rings is 1. The third-order valence-electron chi connectivity index (χ3n) is 7.61. The van der Waals surface area contributed by atoms with Crippen molar-refractivity contribution in [2.24, 2.45) is 0 Å².